The summed E-state index contributed by atoms with van der Waals surface area (Å²) in [6, 6.07) is 0.303. The molecule has 178 valence electrons. The molecule has 0 radical (unpaired) electrons. The Kier molecular flexibility index (Phi) is 6.77. The van der Waals surface area contributed by atoms with Gasteiger partial charge in [-0.1, -0.05) is 12.8 Å². The highest BCUT2D eigenvalue weighted by atomic mass is 35.5. The first kappa shape index (κ1) is 23.8. The van der Waals surface area contributed by atoms with Crippen LogP contribution in [0.5, 0.6) is 0 Å². The van der Waals surface area contributed by atoms with Gasteiger partial charge in [0.1, 0.15) is 11.9 Å². The van der Waals surface area contributed by atoms with Crippen molar-refractivity contribution in [2.75, 3.05) is 18.5 Å². The number of aromatic nitrogens is 4. The summed E-state index contributed by atoms with van der Waals surface area (Å²) < 4.78 is 24.2. The van der Waals surface area contributed by atoms with Crippen LogP contribution in [0.2, 0.25) is 5.28 Å². The third kappa shape index (κ3) is 4.64. The fraction of sp³-hybridized carbons (Fsp3) is 0.722. The molecule has 0 aromatic carbocycles. The molecule has 0 bridgehead atoms. The fourth-order valence-corrected chi connectivity index (χ4v) is 4.60. The third-order valence-corrected chi connectivity index (χ3v) is 7.69. The molecule has 2 aromatic rings. The van der Waals surface area contributed by atoms with Gasteiger partial charge >= 0.3 is 7.60 Å². The van der Waals surface area contributed by atoms with Gasteiger partial charge in [0, 0.05) is 12.5 Å². The number of aliphatic hydroxyl groups excluding tert-OH is 2. The van der Waals surface area contributed by atoms with Gasteiger partial charge in [0.2, 0.25) is 5.28 Å². The molecular formula is C18H27ClN5O7P. The molecule has 5 N–H and O–H groups in total. The Bertz CT molecular complexity index is 1010. The van der Waals surface area contributed by atoms with E-state index in [0.29, 0.717) is 22.9 Å². The Morgan fingerprint density at radius 1 is 1.38 bits per heavy atom. The summed E-state index contributed by atoms with van der Waals surface area (Å²) in [5, 5.41) is 26.3. The van der Waals surface area contributed by atoms with E-state index in [1.165, 1.54) is 4.68 Å². The molecule has 1 saturated carbocycles. The summed E-state index contributed by atoms with van der Waals surface area (Å²) in [4.78, 5) is 27.4. The number of nitrogens with zero attached hydrogens (tertiary/aromatic N) is 4. The number of ether oxygens (including phenoxy) is 2. The van der Waals surface area contributed by atoms with E-state index in [1.807, 2.05) is 0 Å². The van der Waals surface area contributed by atoms with Crippen molar-refractivity contribution in [1.29, 1.82) is 0 Å². The molecule has 2 aliphatic rings. The molecule has 1 aliphatic carbocycles. The summed E-state index contributed by atoms with van der Waals surface area (Å²) in [6.07, 6.45) is 3.57. The van der Waals surface area contributed by atoms with Gasteiger partial charge in [0.15, 0.2) is 17.2 Å². The van der Waals surface area contributed by atoms with Crippen LogP contribution >= 0.6 is 19.2 Å². The first-order chi connectivity index (χ1) is 15.1. The van der Waals surface area contributed by atoms with E-state index in [4.69, 9.17) is 21.1 Å². The first-order valence-electron chi connectivity index (χ1n) is 10.4. The molecule has 14 heteroatoms. The quantitative estimate of drug-likeness (QED) is 0.267. The van der Waals surface area contributed by atoms with Gasteiger partial charge in [-0.15, -0.1) is 0 Å². The standard InChI is InChI=1S/C18H27ClN5O7P/c1-18(9-25,32(27,28)29)30-8-11-6-13(26)16(31-11)24-15-12(7-20-24)14(22-17(19)23-15)21-10-4-2-3-5-10/h7,10-11,13,16,25-26H,2-6,8-9H2,1H3,(H,21,22,23)(H2,27,28,29)/t11-,13+,16+,18?/m0/s1. The van der Waals surface area contributed by atoms with Crippen LogP contribution in [0, 0.1) is 0 Å². The second-order valence-electron chi connectivity index (χ2n) is 8.43. The number of fused-ring (bicyclic) bond motifs is 1. The normalized spacial score (nSPS) is 26.6. The molecule has 12 nitrogen and oxygen atoms in total. The molecule has 4 rings (SSSR count). The molecular weight excluding hydrogens is 465 g/mol. The molecule has 2 fully saturated rings. The minimum atomic E-state index is -4.73. The van der Waals surface area contributed by atoms with Crippen molar-refractivity contribution in [3.63, 3.8) is 0 Å². The summed E-state index contributed by atoms with van der Waals surface area (Å²) in [5.74, 6) is 0.575. The largest absolute Gasteiger partial charge is 0.393 e. The Morgan fingerprint density at radius 3 is 2.75 bits per heavy atom. The lowest BCUT2D eigenvalue weighted by molar-refractivity contribution is -0.0960. The molecule has 0 spiro atoms. The average Bonchev–Trinajstić information content (AvgIpc) is 3.45. The smallest absolute Gasteiger partial charge is 0.359 e. The fourth-order valence-electron chi connectivity index (χ4n) is 4.01. The van der Waals surface area contributed by atoms with Gasteiger partial charge in [0.25, 0.3) is 0 Å². The number of nitrogens with one attached hydrogen (secondary N) is 1. The van der Waals surface area contributed by atoms with Crippen molar-refractivity contribution in [2.45, 2.75) is 68.8 Å². The van der Waals surface area contributed by atoms with Crippen LogP contribution in [-0.2, 0) is 14.0 Å². The van der Waals surface area contributed by atoms with E-state index < -0.39 is 38.0 Å². The molecule has 1 aliphatic heterocycles. The van der Waals surface area contributed by atoms with E-state index in [2.05, 4.69) is 20.4 Å². The van der Waals surface area contributed by atoms with Crippen molar-refractivity contribution in [3.05, 3.63) is 11.5 Å². The van der Waals surface area contributed by atoms with E-state index in [0.717, 1.165) is 32.6 Å². The summed E-state index contributed by atoms with van der Waals surface area (Å²) in [5.41, 5.74) is 0.395. The molecule has 2 aromatic heterocycles. The lowest BCUT2D eigenvalue weighted by Gasteiger charge is -2.29. The molecule has 0 amide bonds. The van der Waals surface area contributed by atoms with Gasteiger partial charge < -0.3 is 34.8 Å². The van der Waals surface area contributed by atoms with Crippen molar-refractivity contribution in [3.8, 4) is 0 Å². The highest BCUT2D eigenvalue weighted by Crippen LogP contribution is 2.51. The average molecular weight is 492 g/mol. The van der Waals surface area contributed by atoms with Gasteiger partial charge in [-0.2, -0.15) is 15.1 Å². The second-order valence-corrected chi connectivity index (χ2v) is 10.8. The van der Waals surface area contributed by atoms with Crippen LogP contribution < -0.4 is 5.32 Å². The van der Waals surface area contributed by atoms with E-state index >= 15 is 0 Å². The first-order valence-corrected chi connectivity index (χ1v) is 12.4. The second kappa shape index (κ2) is 9.11. The Morgan fingerprint density at radius 2 is 2.09 bits per heavy atom. The van der Waals surface area contributed by atoms with Gasteiger partial charge in [-0.3, -0.25) is 4.57 Å². The summed E-state index contributed by atoms with van der Waals surface area (Å²) >= 11 is 6.14. The zero-order valence-corrected chi connectivity index (χ0v) is 19.1. The Hall–Kier alpha value is -1.37. The van der Waals surface area contributed by atoms with Crippen LogP contribution in [-0.4, -0.2) is 76.6 Å². The number of halogens is 1. The van der Waals surface area contributed by atoms with E-state index in [9.17, 15) is 24.6 Å². The molecule has 4 atom stereocenters. The number of aliphatic hydroxyl groups is 2. The summed E-state index contributed by atoms with van der Waals surface area (Å²) in [6.45, 7) is 0.0145. The minimum absolute atomic E-state index is 0.0347. The van der Waals surface area contributed by atoms with Gasteiger partial charge in [-0.05, 0) is 31.4 Å². The Balaban J connectivity index is 1.52. The molecule has 1 saturated heterocycles. The van der Waals surface area contributed by atoms with Crippen molar-refractivity contribution >= 4 is 36.0 Å². The zero-order chi connectivity index (χ0) is 23.1. The predicted octanol–water partition coefficient (Wildman–Crippen LogP) is 1.39. The highest BCUT2D eigenvalue weighted by Gasteiger charge is 2.45. The van der Waals surface area contributed by atoms with Crippen molar-refractivity contribution in [2.24, 2.45) is 0 Å². The highest BCUT2D eigenvalue weighted by molar-refractivity contribution is 7.53. The molecule has 3 heterocycles. The van der Waals surface area contributed by atoms with E-state index in [1.54, 1.807) is 6.20 Å². The predicted molar refractivity (Wildman–Crippen MR) is 114 cm³/mol. The topological polar surface area (TPSA) is 172 Å². The lowest BCUT2D eigenvalue weighted by atomic mass is 10.2. The van der Waals surface area contributed by atoms with Crippen LogP contribution in [0.4, 0.5) is 5.82 Å². The zero-order valence-electron chi connectivity index (χ0n) is 17.5. The minimum Gasteiger partial charge on any atom is -0.393 e. The van der Waals surface area contributed by atoms with E-state index in [-0.39, 0.29) is 18.3 Å². The van der Waals surface area contributed by atoms with Gasteiger partial charge in [-0.25, -0.2) is 4.68 Å². The van der Waals surface area contributed by atoms with Crippen molar-refractivity contribution in [1.82, 2.24) is 19.7 Å². The van der Waals surface area contributed by atoms with Gasteiger partial charge in [0.05, 0.1) is 30.9 Å². The summed E-state index contributed by atoms with van der Waals surface area (Å²) in [7, 11) is -4.73. The molecule has 1 unspecified atom stereocenters. The maximum Gasteiger partial charge on any atom is 0.359 e. The maximum atomic E-state index is 11.6. The molecule has 32 heavy (non-hydrogen) atoms. The van der Waals surface area contributed by atoms with Crippen LogP contribution in [0.25, 0.3) is 11.0 Å². The number of rotatable bonds is 8. The third-order valence-electron chi connectivity index (χ3n) is 6.02. The van der Waals surface area contributed by atoms with Crippen LogP contribution in [0.1, 0.15) is 45.3 Å². The monoisotopic (exact) mass is 491 g/mol. The number of hydrogen-bond donors (Lipinski definition) is 5. The van der Waals surface area contributed by atoms with Crippen LogP contribution in [0.15, 0.2) is 6.20 Å². The maximum absolute atomic E-state index is 11.6. The SMILES string of the molecule is CC(CO)(OC[C@@H]1C[C@@H](O)[C@H](n2ncc3c(NC4CCCC4)nc(Cl)nc32)O1)P(=O)(O)O. The lowest BCUT2D eigenvalue weighted by Crippen LogP contribution is -2.36. The van der Waals surface area contributed by atoms with Crippen LogP contribution in [0.3, 0.4) is 0 Å². The number of anilines is 1. The Labute approximate surface area is 189 Å². The number of hydrogen-bond acceptors (Lipinski definition) is 9. The van der Waals surface area contributed by atoms with Crippen molar-refractivity contribution < 1.29 is 34.0 Å².